The van der Waals surface area contributed by atoms with Crippen molar-refractivity contribution < 1.29 is 0 Å². The number of hydrogen-bond acceptors (Lipinski definition) is 2. The summed E-state index contributed by atoms with van der Waals surface area (Å²) in [5.41, 5.74) is 12.8. The summed E-state index contributed by atoms with van der Waals surface area (Å²) in [6, 6.07) is 82.1. The van der Waals surface area contributed by atoms with Crippen LogP contribution in [0, 0.1) is 0 Å². The van der Waals surface area contributed by atoms with Gasteiger partial charge >= 0.3 is 0 Å². The van der Waals surface area contributed by atoms with E-state index in [2.05, 4.69) is 238 Å². The van der Waals surface area contributed by atoms with Crippen molar-refractivity contribution in [2.75, 3.05) is 4.90 Å². The fraction of sp³-hybridized carbons (Fsp3) is 0. The number of rotatable bonds is 6. The maximum Gasteiger partial charge on any atom is 0.0640 e. The smallest absolute Gasteiger partial charge is 0.0640 e. The Kier molecular flexibility index (Phi) is 7.78. The van der Waals surface area contributed by atoms with Crippen LogP contribution in [-0.2, 0) is 0 Å². The van der Waals surface area contributed by atoms with Gasteiger partial charge in [0.1, 0.15) is 0 Å². The molecule has 0 amide bonds. The van der Waals surface area contributed by atoms with Gasteiger partial charge in [-0.2, -0.15) is 0 Å². The van der Waals surface area contributed by atoms with Crippen LogP contribution in [0.25, 0.3) is 97.1 Å². The van der Waals surface area contributed by atoms with Crippen molar-refractivity contribution >= 4 is 103 Å². The maximum atomic E-state index is 2.45. The van der Waals surface area contributed by atoms with Crippen molar-refractivity contribution in [3.8, 4) is 22.5 Å². The molecule has 0 bridgehead atoms. The Morgan fingerprint density at radius 3 is 1.73 bits per heavy atom. The molecule has 13 aromatic rings. The number of anilines is 3. The Morgan fingerprint density at radius 2 is 0.919 bits per heavy atom. The zero-order valence-corrected chi connectivity index (χ0v) is 34.4. The van der Waals surface area contributed by atoms with Crippen LogP contribution in [-0.4, -0.2) is 9.13 Å². The van der Waals surface area contributed by atoms with E-state index in [4.69, 9.17) is 0 Å². The van der Waals surface area contributed by atoms with Crippen molar-refractivity contribution in [3.63, 3.8) is 0 Å². The van der Waals surface area contributed by atoms with Crippen LogP contribution >= 0.6 is 11.3 Å². The van der Waals surface area contributed by atoms with Crippen molar-refractivity contribution in [2.24, 2.45) is 0 Å². The van der Waals surface area contributed by atoms with E-state index in [1.165, 1.54) is 91.4 Å². The second-order valence-electron chi connectivity index (χ2n) is 16.1. The van der Waals surface area contributed by atoms with Gasteiger partial charge in [0.05, 0.1) is 32.5 Å². The first-order chi connectivity index (χ1) is 30.8. The molecule has 3 nitrogen and oxygen atoms in total. The van der Waals surface area contributed by atoms with E-state index in [9.17, 15) is 0 Å². The maximum absolute atomic E-state index is 2.45. The molecule has 0 atom stereocenters. The number of aromatic nitrogens is 2. The first kappa shape index (κ1) is 34.9. The third kappa shape index (κ3) is 5.30. The molecule has 3 aromatic heterocycles. The third-order valence-electron chi connectivity index (χ3n) is 12.7. The lowest BCUT2D eigenvalue weighted by atomic mass is 10.0. The molecule has 0 radical (unpaired) electrons. The molecular weight excluding hydrogens is 771 g/mol. The molecule has 62 heavy (non-hydrogen) atoms. The van der Waals surface area contributed by atoms with Crippen LogP contribution in [0.4, 0.5) is 17.1 Å². The Labute approximate surface area is 362 Å². The van der Waals surface area contributed by atoms with E-state index in [1.54, 1.807) is 0 Å². The van der Waals surface area contributed by atoms with E-state index in [0.717, 1.165) is 22.7 Å². The van der Waals surface area contributed by atoms with Gasteiger partial charge in [-0.25, -0.2) is 0 Å². The van der Waals surface area contributed by atoms with Crippen molar-refractivity contribution in [1.29, 1.82) is 0 Å². The quantitative estimate of drug-likeness (QED) is 0.163. The molecular formula is C58H37N3S. The molecule has 0 aliphatic rings. The molecule has 13 rings (SSSR count). The summed E-state index contributed by atoms with van der Waals surface area (Å²) in [7, 11) is 0. The van der Waals surface area contributed by atoms with E-state index < -0.39 is 0 Å². The second kappa shape index (κ2) is 13.8. The molecule has 0 aliphatic heterocycles. The van der Waals surface area contributed by atoms with Gasteiger partial charge in [0.25, 0.3) is 0 Å². The summed E-state index contributed by atoms with van der Waals surface area (Å²) < 4.78 is 7.38. The number of para-hydroxylation sites is 3. The lowest BCUT2D eigenvalue weighted by molar-refractivity contribution is 1.18. The van der Waals surface area contributed by atoms with E-state index >= 15 is 0 Å². The molecule has 0 saturated carbocycles. The summed E-state index contributed by atoms with van der Waals surface area (Å²) in [6.07, 6.45) is 0. The first-order valence-corrected chi connectivity index (χ1v) is 22.0. The van der Waals surface area contributed by atoms with Crippen LogP contribution in [0.2, 0.25) is 0 Å². The Morgan fingerprint density at radius 1 is 0.339 bits per heavy atom. The minimum Gasteiger partial charge on any atom is -0.309 e. The lowest BCUT2D eigenvalue weighted by Gasteiger charge is -2.26. The Bertz CT molecular complexity index is 3850. The normalized spacial score (nSPS) is 11.9. The molecule has 4 heteroatoms. The third-order valence-corrected chi connectivity index (χ3v) is 13.9. The van der Waals surface area contributed by atoms with E-state index in [-0.39, 0.29) is 0 Å². The highest BCUT2D eigenvalue weighted by molar-refractivity contribution is 7.26. The highest BCUT2D eigenvalue weighted by Crippen LogP contribution is 2.46. The minimum absolute atomic E-state index is 1.11. The summed E-state index contributed by atoms with van der Waals surface area (Å²) in [4.78, 5) is 2.45. The van der Waals surface area contributed by atoms with Gasteiger partial charge < -0.3 is 14.0 Å². The highest BCUT2D eigenvalue weighted by atomic mass is 32.1. The summed E-state index contributed by atoms with van der Waals surface area (Å²) in [5, 5.41) is 10.2. The van der Waals surface area contributed by atoms with Gasteiger partial charge in [-0.1, -0.05) is 146 Å². The first-order valence-electron chi connectivity index (χ1n) is 21.2. The number of nitrogens with zero attached hydrogens (tertiary/aromatic N) is 3. The van der Waals surface area contributed by atoms with Crippen LogP contribution in [0.15, 0.2) is 224 Å². The van der Waals surface area contributed by atoms with Crippen molar-refractivity contribution in [3.05, 3.63) is 224 Å². The zero-order valence-electron chi connectivity index (χ0n) is 33.6. The molecule has 0 N–H and O–H groups in total. The zero-order chi connectivity index (χ0) is 40.7. The number of fused-ring (bicyclic) bond motifs is 11. The second-order valence-corrected chi connectivity index (χ2v) is 17.2. The summed E-state index contributed by atoms with van der Waals surface area (Å²) in [6.45, 7) is 0. The molecule has 290 valence electrons. The van der Waals surface area contributed by atoms with Crippen molar-refractivity contribution in [1.82, 2.24) is 9.13 Å². The van der Waals surface area contributed by atoms with Gasteiger partial charge in [-0.05, 0) is 101 Å². The average Bonchev–Trinajstić information content (AvgIpc) is 4.00. The fourth-order valence-corrected chi connectivity index (χ4v) is 11.1. The average molecular weight is 808 g/mol. The van der Waals surface area contributed by atoms with E-state index in [1.807, 2.05) is 11.3 Å². The monoisotopic (exact) mass is 807 g/mol. The standard InChI is InChI=1S/C58H37N3S/c1-2-14-41(15-3-1)61-51-21-9-6-17-46(51)47-35-34-44(37-55(47)61)59(54-23-12-20-49-48-18-8-11-24-56(48)62-58(49)54)42-30-25-38(26-31-42)39-27-32-43(33-28-39)60-52-22-10-7-19-50(52)57-45-16-5-4-13-40(45)29-36-53(57)60/h1-37H. The predicted octanol–water partition coefficient (Wildman–Crippen LogP) is 16.5. The van der Waals surface area contributed by atoms with Gasteiger partial charge in [0.2, 0.25) is 0 Å². The molecule has 0 saturated heterocycles. The van der Waals surface area contributed by atoms with Crippen LogP contribution in [0.5, 0.6) is 0 Å². The number of thiophene rings is 1. The topological polar surface area (TPSA) is 13.1 Å². The SMILES string of the molecule is c1ccc(-n2c3ccccc3c3ccc(N(c4ccc(-c5ccc(-n6c7ccccc7c7c8ccccc8ccc76)cc5)cc4)c4cccc5c4sc4ccccc45)cc32)cc1. The van der Waals surface area contributed by atoms with Gasteiger partial charge in [0.15, 0.2) is 0 Å². The summed E-state index contributed by atoms with van der Waals surface area (Å²) >= 11 is 1.87. The van der Waals surface area contributed by atoms with Gasteiger partial charge in [0, 0.05) is 59.8 Å². The fourth-order valence-electron chi connectivity index (χ4n) is 9.91. The molecule has 10 aromatic carbocycles. The predicted molar refractivity (Wildman–Crippen MR) is 266 cm³/mol. The van der Waals surface area contributed by atoms with Crippen LogP contribution < -0.4 is 4.90 Å². The number of hydrogen-bond donors (Lipinski definition) is 0. The molecule has 0 spiro atoms. The Balaban J connectivity index is 0.945. The van der Waals surface area contributed by atoms with Crippen molar-refractivity contribution in [2.45, 2.75) is 0 Å². The molecule has 0 aliphatic carbocycles. The molecule has 0 fully saturated rings. The van der Waals surface area contributed by atoms with Crippen LogP contribution in [0.1, 0.15) is 0 Å². The Hall–Kier alpha value is -7.92. The van der Waals surface area contributed by atoms with Crippen LogP contribution in [0.3, 0.4) is 0 Å². The van der Waals surface area contributed by atoms with Gasteiger partial charge in [-0.3, -0.25) is 0 Å². The lowest BCUT2D eigenvalue weighted by Crippen LogP contribution is -2.10. The largest absolute Gasteiger partial charge is 0.309 e. The molecule has 0 unspecified atom stereocenters. The molecule has 3 heterocycles. The minimum atomic E-state index is 1.11. The van der Waals surface area contributed by atoms with E-state index in [0.29, 0.717) is 0 Å². The summed E-state index contributed by atoms with van der Waals surface area (Å²) in [5.74, 6) is 0. The van der Waals surface area contributed by atoms with Gasteiger partial charge in [-0.15, -0.1) is 11.3 Å². The highest BCUT2D eigenvalue weighted by Gasteiger charge is 2.21. The number of benzene rings is 10.